The minimum atomic E-state index is -0.230. The molecule has 0 aliphatic rings. The van der Waals surface area contributed by atoms with Crippen LogP contribution < -0.4 is 5.32 Å². The molecule has 0 aliphatic carbocycles. The first-order valence-corrected chi connectivity index (χ1v) is 9.36. The van der Waals surface area contributed by atoms with Crippen LogP contribution in [0.5, 0.6) is 0 Å². The van der Waals surface area contributed by atoms with Crippen molar-refractivity contribution in [2.75, 3.05) is 18.5 Å². The molecule has 0 spiro atoms. The van der Waals surface area contributed by atoms with Gasteiger partial charge in [-0.25, -0.2) is 0 Å². The van der Waals surface area contributed by atoms with Gasteiger partial charge < -0.3 is 10.1 Å². The number of para-hydroxylation sites is 1. The molecular weight excluding hydrogens is 322 g/mol. The average Bonchev–Trinajstić information content (AvgIpc) is 2.60. The molecule has 0 fully saturated rings. The molecule has 0 saturated heterocycles. The van der Waals surface area contributed by atoms with Crippen LogP contribution in [0.25, 0.3) is 0 Å². The standard InChI is InChI=1S/C23H33NO2/c1-19(10-8-12-20(2)16-17-26-22(4)25)11-9-13-21(3)18-24-23-14-6-5-7-15-23/h5-7,10,13-16,24H,8-9,11-12,17-18H2,1-4H3/b19-10+,20-16+,21-13+. The molecule has 1 aromatic rings. The summed E-state index contributed by atoms with van der Waals surface area (Å²) >= 11 is 0. The van der Waals surface area contributed by atoms with Crippen LogP contribution in [-0.4, -0.2) is 19.1 Å². The fourth-order valence-electron chi connectivity index (χ4n) is 2.47. The number of carbonyl (C=O) groups is 1. The molecule has 1 N–H and O–H groups in total. The van der Waals surface area contributed by atoms with Crippen molar-refractivity contribution < 1.29 is 9.53 Å². The highest BCUT2D eigenvalue weighted by Gasteiger charge is 1.95. The lowest BCUT2D eigenvalue weighted by atomic mass is 10.1. The summed E-state index contributed by atoms with van der Waals surface area (Å²) in [5, 5.41) is 3.43. The summed E-state index contributed by atoms with van der Waals surface area (Å²) < 4.78 is 4.92. The Kier molecular flexibility index (Phi) is 10.9. The van der Waals surface area contributed by atoms with Crippen molar-refractivity contribution in [3.8, 4) is 0 Å². The van der Waals surface area contributed by atoms with Crippen molar-refractivity contribution in [3.05, 3.63) is 65.3 Å². The Morgan fingerprint density at radius 3 is 2.08 bits per heavy atom. The molecule has 26 heavy (non-hydrogen) atoms. The van der Waals surface area contributed by atoms with E-state index in [0.29, 0.717) is 6.61 Å². The number of esters is 1. The normalized spacial score (nSPS) is 12.8. The molecule has 0 unspecified atom stereocenters. The number of allylic oxidation sites excluding steroid dienone is 4. The van der Waals surface area contributed by atoms with Crippen molar-refractivity contribution in [1.29, 1.82) is 0 Å². The summed E-state index contributed by atoms with van der Waals surface area (Å²) in [6, 6.07) is 10.3. The molecule has 0 radical (unpaired) electrons. The van der Waals surface area contributed by atoms with Crippen LogP contribution in [0.4, 0.5) is 5.69 Å². The average molecular weight is 356 g/mol. The number of carbonyl (C=O) groups excluding carboxylic acids is 1. The molecule has 142 valence electrons. The first-order chi connectivity index (χ1) is 12.5. The van der Waals surface area contributed by atoms with Gasteiger partial charge in [-0.15, -0.1) is 0 Å². The van der Waals surface area contributed by atoms with E-state index < -0.39 is 0 Å². The summed E-state index contributed by atoms with van der Waals surface area (Å²) in [5.41, 5.74) is 5.22. The van der Waals surface area contributed by atoms with E-state index in [2.05, 4.69) is 50.4 Å². The van der Waals surface area contributed by atoms with Crippen LogP contribution in [0.2, 0.25) is 0 Å². The van der Waals surface area contributed by atoms with E-state index in [1.807, 2.05) is 24.3 Å². The van der Waals surface area contributed by atoms with Gasteiger partial charge in [0.1, 0.15) is 6.61 Å². The van der Waals surface area contributed by atoms with Crippen molar-refractivity contribution in [2.24, 2.45) is 0 Å². The fourth-order valence-corrected chi connectivity index (χ4v) is 2.47. The lowest BCUT2D eigenvalue weighted by Crippen LogP contribution is -2.02. The molecule has 0 amide bonds. The van der Waals surface area contributed by atoms with Crippen LogP contribution in [0.3, 0.4) is 0 Å². The Hall–Kier alpha value is -2.29. The molecule has 3 heteroatoms. The van der Waals surface area contributed by atoms with Crippen LogP contribution in [0.1, 0.15) is 53.4 Å². The van der Waals surface area contributed by atoms with Gasteiger partial charge in [-0.3, -0.25) is 4.79 Å². The van der Waals surface area contributed by atoms with Gasteiger partial charge in [-0.05, 0) is 64.7 Å². The largest absolute Gasteiger partial charge is 0.462 e. The third-order valence-electron chi connectivity index (χ3n) is 4.13. The summed E-state index contributed by atoms with van der Waals surface area (Å²) in [4.78, 5) is 10.7. The predicted octanol–water partition coefficient (Wildman–Crippen LogP) is 6.06. The van der Waals surface area contributed by atoms with Gasteiger partial charge in [0.25, 0.3) is 0 Å². The minimum Gasteiger partial charge on any atom is -0.462 e. The smallest absolute Gasteiger partial charge is 0.302 e. The third kappa shape index (κ3) is 11.3. The van der Waals surface area contributed by atoms with E-state index in [0.717, 1.165) is 37.9 Å². The monoisotopic (exact) mass is 355 g/mol. The number of nitrogens with one attached hydrogen (secondary N) is 1. The summed E-state index contributed by atoms with van der Waals surface area (Å²) in [6.07, 6.45) is 10.8. The highest BCUT2D eigenvalue weighted by atomic mass is 16.5. The summed E-state index contributed by atoms with van der Waals surface area (Å²) in [7, 11) is 0. The number of benzene rings is 1. The Bertz CT molecular complexity index is 627. The molecular formula is C23H33NO2. The molecule has 1 rings (SSSR count). The lowest BCUT2D eigenvalue weighted by molar-refractivity contribution is -0.139. The highest BCUT2D eigenvalue weighted by Crippen LogP contribution is 2.12. The Balaban J connectivity index is 2.22. The maximum Gasteiger partial charge on any atom is 0.302 e. The number of ether oxygens (including phenoxy) is 1. The van der Waals surface area contributed by atoms with Crippen LogP contribution in [0.15, 0.2) is 65.3 Å². The highest BCUT2D eigenvalue weighted by molar-refractivity contribution is 5.66. The van der Waals surface area contributed by atoms with Crippen molar-refractivity contribution in [2.45, 2.75) is 53.4 Å². The maximum absolute atomic E-state index is 10.7. The summed E-state index contributed by atoms with van der Waals surface area (Å²) in [5.74, 6) is -0.230. The maximum atomic E-state index is 10.7. The second kappa shape index (κ2) is 13.0. The Morgan fingerprint density at radius 2 is 1.46 bits per heavy atom. The predicted molar refractivity (Wildman–Crippen MR) is 111 cm³/mol. The van der Waals surface area contributed by atoms with Crippen molar-refractivity contribution in [3.63, 3.8) is 0 Å². The molecule has 3 nitrogen and oxygen atoms in total. The Morgan fingerprint density at radius 1 is 0.885 bits per heavy atom. The molecule has 1 aromatic carbocycles. The number of hydrogen-bond donors (Lipinski definition) is 1. The second-order valence-electron chi connectivity index (χ2n) is 6.75. The minimum absolute atomic E-state index is 0.230. The molecule has 0 saturated carbocycles. The lowest BCUT2D eigenvalue weighted by Gasteiger charge is -2.06. The van der Waals surface area contributed by atoms with Gasteiger partial charge >= 0.3 is 5.97 Å². The van der Waals surface area contributed by atoms with Crippen LogP contribution in [0, 0.1) is 0 Å². The summed E-state index contributed by atoms with van der Waals surface area (Å²) in [6.45, 7) is 9.15. The molecule has 0 atom stereocenters. The molecule has 0 heterocycles. The van der Waals surface area contributed by atoms with Gasteiger partial charge in [0.15, 0.2) is 0 Å². The first-order valence-electron chi connectivity index (χ1n) is 9.36. The number of rotatable bonds is 11. The van der Waals surface area contributed by atoms with E-state index >= 15 is 0 Å². The first kappa shape index (κ1) is 21.8. The number of anilines is 1. The molecule has 0 aliphatic heterocycles. The van der Waals surface area contributed by atoms with Crippen molar-refractivity contribution in [1.82, 2.24) is 0 Å². The zero-order chi connectivity index (χ0) is 19.2. The van der Waals surface area contributed by atoms with E-state index in [9.17, 15) is 4.79 Å². The van der Waals surface area contributed by atoms with E-state index in [-0.39, 0.29) is 5.97 Å². The molecule has 0 bridgehead atoms. The van der Waals surface area contributed by atoms with E-state index in [1.54, 1.807) is 0 Å². The van der Waals surface area contributed by atoms with Gasteiger partial charge in [-0.2, -0.15) is 0 Å². The molecule has 0 aromatic heterocycles. The fraction of sp³-hybridized carbons (Fsp3) is 0.435. The number of hydrogen-bond acceptors (Lipinski definition) is 3. The topological polar surface area (TPSA) is 38.3 Å². The SMILES string of the molecule is CC(=O)OC/C=C(\C)CC/C=C(\C)CC/C=C(\C)CNc1ccccc1. The van der Waals surface area contributed by atoms with E-state index in [4.69, 9.17) is 4.74 Å². The van der Waals surface area contributed by atoms with Gasteiger partial charge in [-0.1, -0.05) is 47.1 Å². The van der Waals surface area contributed by atoms with Crippen LogP contribution >= 0.6 is 0 Å². The van der Waals surface area contributed by atoms with E-state index in [1.165, 1.54) is 23.6 Å². The van der Waals surface area contributed by atoms with Gasteiger partial charge in [0.2, 0.25) is 0 Å². The van der Waals surface area contributed by atoms with Crippen LogP contribution in [-0.2, 0) is 9.53 Å². The van der Waals surface area contributed by atoms with Gasteiger partial charge in [0, 0.05) is 19.2 Å². The van der Waals surface area contributed by atoms with Crippen molar-refractivity contribution >= 4 is 11.7 Å². The Labute approximate surface area is 158 Å². The van der Waals surface area contributed by atoms with Gasteiger partial charge in [0.05, 0.1) is 0 Å². The second-order valence-corrected chi connectivity index (χ2v) is 6.75. The quantitative estimate of drug-likeness (QED) is 0.387. The third-order valence-corrected chi connectivity index (χ3v) is 4.13. The zero-order valence-electron chi connectivity index (χ0n) is 16.7. The zero-order valence-corrected chi connectivity index (χ0v) is 16.7.